The maximum absolute atomic E-state index is 5.70. The monoisotopic (exact) mass is 478 g/mol. The molecule has 0 bridgehead atoms. The van der Waals surface area contributed by atoms with Gasteiger partial charge in [0.15, 0.2) is 0 Å². The maximum Gasteiger partial charge on any atom is 0.143 e. The van der Waals surface area contributed by atoms with Crippen LogP contribution in [-0.2, 0) is 13.6 Å². The minimum atomic E-state index is 0.751. The number of rotatable bonds is 7. The summed E-state index contributed by atoms with van der Waals surface area (Å²) in [5, 5.41) is 10.3. The van der Waals surface area contributed by atoms with Gasteiger partial charge in [0.1, 0.15) is 17.4 Å². The number of benzene rings is 2. The smallest absolute Gasteiger partial charge is 0.143 e. The van der Waals surface area contributed by atoms with Crippen molar-refractivity contribution in [1.29, 1.82) is 0 Å². The third-order valence-electron chi connectivity index (χ3n) is 7.34. The van der Waals surface area contributed by atoms with Gasteiger partial charge in [0, 0.05) is 42.5 Å². The summed E-state index contributed by atoms with van der Waals surface area (Å²) in [6.07, 6.45) is 11.9. The van der Waals surface area contributed by atoms with Gasteiger partial charge < -0.3 is 14.6 Å². The number of hydrogen-bond donors (Lipinski definition) is 1. The van der Waals surface area contributed by atoms with Crippen LogP contribution >= 0.6 is 0 Å². The Morgan fingerprint density at radius 1 is 0.944 bits per heavy atom. The summed E-state index contributed by atoms with van der Waals surface area (Å²) in [7, 11) is 3.70. The van der Waals surface area contributed by atoms with Crippen LogP contribution in [0.2, 0.25) is 0 Å². The second kappa shape index (κ2) is 9.15. The van der Waals surface area contributed by atoms with E-state index in [4.69, 9.17) is 4.74 Å². The van der Waals surface area contributed by atoms with Crippen molar-refractivity contribution in [3.05, 3.63) is 73.1 Å². The van der Waals surface area contributed by atoms with Crippen LogP contribution in [0.5, 0.6) is 5.75 Å². The second-order valence-electron chi connectivity index (χ2n) is 9.67. The lowest BCUT2D eigenvalue weighted by molar-refractivity contribution is 0.266. The van der Waals surface area contributed by atoms with E-state index in [0.717, 1.165) is 68.7 Å². The van der Waals surface area contributed by atoms with Gasteiger partial charge >= 0.3 is 0 Å². The molecule has 7 heteroatoms. The standard InChI is InChI=1S/C29H30N6O/c1-19-30-16-27(34(19)2)22-9-10-26(28(12-22)36-3)33-29-13-24-11-21(7-8-23(24)14-31-29)25-15-32-35(18-25)17-20-5-4-6-20/h7-16,18,20H,4-6,17H2,1-3H3,(H,31,33). The van der Waals surface area contributed by atoms with Crippen molar-refractivity contribution < 1.29 is 4.74 Å². The number of aromatic nitrogens is 5. The van der Waals surface area contributed by atoms with Gasteiger partial charge in [-0.25, -0.2) is 9.97 Å². The van der Waals surface area contributed by atoms with Gasteiger partial charge in [0.05, 0.1) is 30.9 Å². The topological polar surface area (TPSA) is 69.8 Å². The molecular weight excluding hydrogens is 448 g/mol. The highest BCUT2D eigenvalue weighted by Crippen LogP contribution is 2.34. The van der Waals surface area contributed by atoms with Crippen molar-refractivity contribution >= 4 is 22.3 Å². The second-order valence-corrected chi connectivity index (χ2v) is 9.67. The zero-order valence-electron chi connectivity index (χ0n) is 20.9. The van der Waals surface area contributed by atoms with E-state index in [0.29, 0.717) is 0 Å². The largest absolute Gasteiger partial charge is 0.495 e. The minimum Gasteiger partial charge on any atom is -0.495 e. The first-order chi connectivity index (χ1) is 17.6. The van der Waals surface area contributed by atoms with Gasteiger partial charge in [-0.2, -0.15) is 5.10 Å². The zero-order chi connectivity index (χ0) is 24.6. The molecule has 0 saturated heterocycles. The maximum atomic E-state index is 5.70. The summed E-state index contributed by atoms with van der Waals surface area (Å²) in [6, 6.07) is 14.7. The quantitative estimate of drug-likeness (QED) is 0.295. The first-order valence-electron chi connectivity index (χ1n) is 12.4. The lowest BCUT2D eigenvalue weighted by atomic mass is 9.85. The molecule has 0 amide bonds. The summed E-state index contributed by atoms with van der Waals surface area (Å²) >= 11 is 0. The van der Waals surface area contributed by atoms with Crippen molar-refractivity contribution in [2.75, 3.05) is 12.4 Å². The van der Waals surface area contributed by atoms with Crippen LogP contribution in [0.25, 0.3) is 33.2 Å². The van der Waals surface area contributed by atoms with Gasteiger partial charge in [-0.05, 0) is 60.9 Å². The van der Waals surface area contributed by atoms with Crippen molar-refractivity contribution in [1.82, 2.24) is 24.3 Å². The highest BCUT2D eigenvalue weighted by atomic mass is 16.5. The van der Waals surface area contributed by atoms with Crippen LogP contribution in [0.3, 0.4) is 0 Å². The van der Waals surface area contributed by atoms with E-state index < -0.39 is 0 Å². The number of fused-ring (bicyclic) bond motifs is 1. The summed E-state index contributed by atoms with van der Waals surface area (Å²) in [6.45, 7) is 3.02. The summed E-state index contributed by atoms with van der Waals surface area (Å²) in [5.41, 5.74) is 5.26. The Labute approximate surface area is 210 Å². The van der Waals surface area contributed by atoms with Crippen LogP contribution in [0.1, 0.15) is 25.1 Å². The molecule has 0 spiro atoms. The van der Waals surface area contributed by atoms with Crippen molar-refractivity contribution in [2.24, 2.45) is 13.0 Å². The molecule has 182 valence electrons. The summed E-state index contributed by atoms with van der Waals surface area (Å²) in [4.78, 5) is 9.04. The van der Waals surface area contributed by atoms with E-state index in [-0.39, 0.29) is 0 Å². The normalized spacial score (nSPS) is 13.6. The first-order valence-corrected chi connectivity index (χ1v) is 12.4. The number of hydrogen-bond acceptors (Lipinski definition) is 5. The van der Waals surface area contributed by atoms with Crippen molar-refractivity contribution in [3.8, 4) is 28.1 Å². The molecule has 1 aliphatic rings. The number of aryl methyl sites for hydroxylation is 1. The predicted molar refractivity (Wildman–Crippen MR) is 144 cm³/mol. The fourth-order valence-corrected chi connectivity index (χ4v) is 4.80. The number of nitrogens with zero attached hydrogens (tertiary/aromatic N) is 5. The number of pyridine rings is 1. The predicted octanol–water partition coefficient (Wildman–Crippen LogP) is 6.36. The van der Waals surface area contributed by atoms with Crippen LogP contribution in [0.15, 0.2) is 67.3 Å². The van der Waals surface area contributed by atoms with Crippen LogP contribution < -0.4 is 10.1 Å². The average Bonchev–Trinajstić information content (AvgIpc) is 3.48. The minimum absolute atomic E-state index is 0.751. The molecule has 2 aromatic carbocycles. The van der Waals surface area contributed by atoms with Gasteiger partial charge in [0.2, 0.25) is 0 Å². The molecule has 1 fully saturated rings. The number of ether oxygens (including phenoxy) is 1. The lowest BCUT2D eigenvalue weighted by Gasteiger charge is -2.24. The van der Waals surface area contributed by atoms with E-state index in [1.54, 1.807) is 7.11 Å². The fourth-order valence-electron chi connectivity index (χ4n) is 4.80. The fraction of sp³-hybridized carbons (Fsp3) is 0.276. The van der Waals surface area contributed by atoms with Crippen molar-refractivity contribution in [3.63, 3.8) is 0 Å². The Kier molecular flexibility index (Phi) is 5.68. The zero-order valence-corrected chi connectivity index (χ0v) is 20.9. The summed E-state index contributed by atoms with van der Waals surface area (Å²) < 4.78 is 9.86. The Hall–Kier alpha value is -4.13. The highest BCUT2D eigenvalue weighted by molar-refractivity contribution is 5.89. The number of anilines is 2. The molecule has 0 aliphatic heterocycles. The van der Waals surface area contributed by atoms with E-state index in [9.17, 15) is 0 Å². The molecule has 0 atom stereocenters. The number of imidazole rings is 1. The molecule has 36 heavy (non-hydrogen) atoms. The third-order valence-corrected chi connectivity index (χ3v) is 7.34. The van der Waals surface area contributed by atoms with E-state index >= 15 is 0 Å². The van der Waals surface area contributed by atoms with Gasteiger partial charge in [-0.3, -0.25) is 4.68 Å². The molecule has 0 unspecified atom stereocenters. The molecule has 1 saturated carbocycles. The average molecular weight is 479 g/mol. The van der Waals surface area contributed by atoms with E-state index in [1.807, 2.05) is 44.7 Å². The molecule has 3 aromatic heterocycles. The molecule has 1 N–H and O–H groups in total. The van der Waals surface area contributed by atoms with Crippen LogP contribution in [-0.4, -0.2) is 31.4 Å². The summed E-state index contributed by atoms with van der Waals surface area (Å²) in [5.74, 6) is 3.27. The highest BCUT2D eigenvalue weighted by Gasteiger charge is 2.18. The Balaban J connectivity index is 1.26. The van der Waals surface area contributed by atoms with Crippen LogP contribution in [0.4, 0.5) is 11.5 Å². The lowest BCUT2D eigenvalue weighted by Crippen LogP contribution is -2.18. The van der Waals surface area contributed by atoms with Gasteiger partial charge in [0.25, 0.3) is 0 Å². The third kappa shape index (κ3) is 4.21. The molecule has 6 rings (SSSR count). The Morgan fingerprint density at radius 2 is 1.81 bits per heavy atom. The van der Waals surface area contributed by atoms with Gasteiger partial charge in [-0.15, -0.1) is 0 Å². The molecule has 1 aliphatic carbocycles. The Morgan fingerprint density at radius 3 is 2.56 bits per heavy atom. The Bertz CT molecular complexity index is 1540. The molecular formula is C29H30N6O. The molecule has 0 radical (unpaired) electrons. The van der Waals surface area contributed by atoms with Crippen LogP contribution in [0, 0.1) is 12.8 Å². The van der Waals surface area contributed by atoms with E-state index in [2.05, 4.69) is 66.2 Å². The number of nitrogens with one attached hydrogen (secondary N) is 1. The van der Waals surface area contributed by atoms with Gasteiger partial charge in [-0.1, -0.05) is 24.6 Å². The number of methoxy groups -OCH3 is 1. The first kappa shape index (κ1) is 22.3. The molecule has 5 aromatic rings. The molecule has 7 nitrogen and oxygen atoms in total. The SMILES string of the molecule is COc1cc(-c2cnc(C)n2C)ccc1Nc1cc2cc(-c3cnn(CC4CCC4)c3)ccc2cn1. The van der Waals surface area contributed by atoms with E-state index in [1.165, 1.54) is 19.3 Å². The molecule has 3 heterocycles. The van der Waals surface area contributed by atoms with Crippen molar-refractivity contribution in [2.45, 2.75) is 32.7 Å².